The number of allylic oxidation sites excluding steroid dienone is 3. The van der Waals surface area contributed by atoms with Crippen molar-refractivity contribution >= 4 is 40.2 Å². The molecule has 0 spiro atoms. The van der Waals surface area contributed by atoms with Gasteiger partial charge in [0, 0.05) is 34.1 Å². The smallest absolute Gasteiger partial charge is 0.142 e. The molecule has 4 heteroatoms. The molecule has 0 unspecified atom stereocenters. The van der Waals surface area contributed by atoms with Crippen LogP contribution in [0.25, 0.3) is 22.3 Å². The van der Waals surface area contributed by atoms with Crippen molar-refractivity contribution in [3.8, 4) is 33.8 Å². The summed E-state index contributed by atoms with van der Waals surface area (Å²) >= 11 is 1.74. The molecule has 1 heterocycles. The Bertz CT molecular complexity index is 2330. The number of para-hydroxylation sites is 3. The number of ether oxygens (including phenoxy) is 1. The maximum Gasteiger partial charge on any atom is 0.142 e. The standard InChI is InChI=1S/C48H36N2OS/c1-3-14-39(4-2)49(40-15-8-5-9-16-40)43-27-21-35(22-28-43)37-25-31-47-45(33-37)51-46-34-38(26-32-48(46)52-47)36-23-29-44(30-24-36)50(41-17-10-6-11-18-41)42-19-12-7-13-20-42/h3-34H,1-2H2/b39-14+. The molecule has 1 aliphatic heterocycles. The minimum absolute atomic E-state index is 0.863. The highest BCUT2D eigenvalue weighted by molar-refractivity contribution is 7.99. The zero-order valence-corrected chi connectivity index (χ0v) is 29.4. The first-order valence-corrected chi connectivity index (χ1v) is 18.1. The van der Waals surface area contributed by atoms with Crippen LogP contribution in [-0.4, -0.2) is 0 Å². The third kappa shape index (κ3) is 6.68. The van der Waals surface area contributed by atoms with E-state index in [1.807, 2.05) is 42.5 Å². The van der Waals surface area contributed by atoms with Crippen LogP contribution in [0.1, 0.15) is 0 Å². The van der Waals surface area contributed by atoms with Gasteiger partial charge < -0.3 is 14.5 Å². The van der Waals surface area contributed by atoms with Crippen LogP contribution in [0.4, 0.5) is 28.4 Å². The molecule has 0 N–H and O–H groups in total. The number of fused-ring (bicyclic) bond motifs is 2. The average molecular weight is 689 g/mol. The fraction of sp³-hybridized carbons (Fsp3) is 0. The first-order chi connectivity index (χ1) is 25.7. The van der Waals surface area contributed by atoms with Crippen molar-refractivity contribution in [3.63, 3.8) is 0 Å². The number of hydrogen-bond acceptors (Lipinski definition) is 4. The van der Waals surface area contributed by atoms with Gasteiger partial charge in [-0.2, -0.15) is 0 Å². The molecule has 250 valence electrons. The summed E-state index contributed by atoms with van der Waals surface area (Å²) < 4.78 is 6.61. The fourth-order valence-electron chi connectivity index (χ4n) is 6.53. The van der Waals surface area contributed by atoms with Crippen molar-refractivity contribution in [2.75, 3.05) is 9.80 Å². The van der Waals surface area contributed by atoms with Crippen LogP contribution in [0, 0.1) is 0 Å². The third-order valence-corrected chi connectivity index (χ3v) is 10.2. The van der Waals surface area contributed by atoms with Crippen LogP contribution in [0.3, 0.4) is 0 Å². The van der Waals surface area contributed by atoms with E-state index in [2.05, 4.69) is 169 Å². The summed E-state index contributed by atoms with van der Waals surface area (Å²) in [6.07, 6.45) is 5.61. The monoisotopic (exact) mass is 688 g/mol. The zero-order valence-electron chi connectivity index (χ0n) is 28.6. The molecule has 1 aliphatic rings. The van der Waals surface area contributed by atoms with Crippen LogP contribution < -0.4 is 14.5 Å². The topological polar surface area (TPSA) is 15.7 Å². The average Bonchev–Trinajstić information content (AvgIpc) is 3.21. The second-order valence-electron chi connectivity index (χ2n) is 12.3. The SMILES string of the molecule is C=C/C=C(\C=C)N(c1ccccc1)c1ccc(-c2ccc3c(c2)Oc2cc(-c4ccc(N(c5ccccc5)c5ccccc5)cc4)ccc2S3)cc1. The van der Waals surface area contributed by atoms with E-state index in [0.29, 0.717) is 0 Å². The number of anilines is 5. The molecular weight excluding hydrogens is 653 g/mol. The molecule has 0 atom stereocenters. The lowest BCUT2D eigenvalue weighted by Crippen LogP contribution is -2.14. The Morgan fingerprint density at radius 1 is 0.462 bits per heavy atom. The molecule has 7 aromatic carbocycles. The summed E-state index contributed by atoms with van der Waals surface area (Å²) in [5, 5.41) is 0. The Morgan fingerprint density at radius 3 is 1.33 bits per heavy atom. The van der Waals surface area contributed by atoms with Gasteiger partial charge in [0.25, 0.3) is 0 Å². The van der Waals surface area contributed by atoms with E-state index in [4.69, 9.17) is 4.74 Å². The highest BCUT2D eigenvalue weighted by Gasteiger charge is 2.20. The highest BCUT2D eigenvalue weighted by atomic mass is 32.2. The Labute approximate surface area is 310 Å². The van der Waals surface area contributed by atoms with Crippen molar-refractivity contribution in [1.29, 1.82) is 0 Å². The van der Waals surface area contributed by atoms with Crippen molar-refractivity contribution in [3.05, 3.63) is 213 Å². The van der Waals surface area contributed by atoms with Crippen molar-refractivity contribution in [2.45, 2.75) is 9.79 Å². The molecule has 7 aromatic rings. The van der Waals surface area contributed by atoms with Crippen molar-refractivity contribution < 1.29 is 4.74 Å². The van der Waals surface area contributed by atoms with Crippen LogP contribution in [-0.2, 0) is 0 Å². The number of nitrogens with zero attached hydrogens (tertiary/aromatic N) is 2. The van der Waals surface area contributed by atoms with E-state index < -0.39 is 0 Å². The Morgan fingerprint density at radius 2 is 0.865 bits per heavy atom. The number of hydrogen-bond donors (Lipinski definition) is 0. The summed E-state index contributed by atoms with van der Waals surface area (Å²) in [5.74, 6) is 1.73. The van der Waals surface area contributed by atoms with Gasteiger partial charge in [0.1, 0.15) is 11.5 Å². The Balaban J connectivity index is 1.04. The maximum absolute atomic E-state index is 6.61. The largest absolute Gasteiger partial charge is 0.455 e. The minimum Gasteiger partial charge on any atom is -0.455 e. The minimum atomic E-state index is 0.863. The van der Waals surface area contributed by atoms with Gasteiger partial charge in [-0.15, -0.1) is 0 Å². The lowest BCUT2D eigenvalue weighted by Gasteiger charge is -2.26. The molecule has 0 radical (unpaired) electrons. The van der Waals surface area contributed by atoms with Crippen LogP contribution in [0.2, 0.25) is 0 Å². The lowest BCUT2D eigenvalue weighted by atomic mass is 10.0. The van der Waals surface area contributed by atoms with Gasteiger partial charge in [-0.05, 0) is 119 Å². The van der Waals surface area contributed by atoms with E-state index in [1.54, 1.807) is 17.8 Å². The Hall–Kier alpha value is -6.49. The normalized spacial score (nSPS) is 11.8. The second-order valence-corrected chi connectivity index (χ2v) is 13.4. The van der Waals surface area contributed by atoms with Gasteiger partial charge in [-0.25, -0.2) is 0 Å². The molecule has 52 heavy (non-hydrogen) atoms. The molecule has 0 saturated heterocycles. The molecular formula is C48H36N2OS. The highest BCUT2D eigenvalue weighted by Crippen LogP contribution is 2.49. The summed E-state index contributed by atoms with van der Waals surface area (Å²) in [6.45, 7) is 7.95. The first-order valence-electron chi connectivity index (χ1n) is 17.2. The van der Waals surface area contributed by atoms with E-state index in [1.165, 1.54) is 0 Å². The van der Waals surface area contributed by atoms with Crippen LogP contribution >= 0.6 is 11.8 Å². The van der Waals surface area contributed by atoms with Crippen molar-refractivity contribution in [2.24, 2.45) is 0 Å². The predicted octanol–water partition coefficient (Wildman–Crippen LogP) is 14.1. The molecule has 3 nitrogen and oxygen atoms in total. The molecule has 0 bridgehead atoms. The van der Waals surface area contributed by atoms with Gasteiger partial charge in [-0.3, -0.25) is 0 Å². The fourth-order valence-corrected chi connectivity index (χ4v) is 7.44. The van der Waals surface area contributed by atoms with Gasteiger partial charge >= 0.3 is 0 Å². The summed E-state index contributed by atoms with van der Waals surface area (Å²) in [4.78, 5) is 6.66. The van der Waals surface area contributed by atoms with E-state index in [0.717, 1.165) is 77.7 Å². The maximum atomic E-state index is 6.61. The van der Waals surface area contributed by atoms with Gasteiger partial charge in [0.15, 0.2) is 0 Å². The van der Waals surface area contributed by atoms with Crippen LogP contribution in [0.5, 0.6) is 11.5 Å². The van der Waals surface area contributed by atoms with Gasteiger partial charge in [-0.1, -0.05) is 122 Å². The molecule has 0 fully saturated rings. The van der Waals surface area contributed by atoms with Crippen LogP contribution in [0.15, 0.2) is 223 Å². The molecule has 0 saturated carbocycles. The predicted molar refractivity (Wildman–Crippen MR) is 220 cm³/mol. The van der Waals surface area contributed by atoms with Crippen molar-refractivity contribution in [1.82, 2.24) is 0 Å². The van der Waals surface area contributed by atoms with E-state index in [-0.39, 0.29) is 0 Å². The lowest BCUT2D eigenvalue weighted by molar-refractivity contribution is 0.455. The summed E-state index contributed by atoms with van der Waals surface area (Å²) in [5.41, 5.74) is 10.8. The summed E-state index contributed by atoms with van der Waals surface area (Å²) in [6, 6.07) is 61.5. The molecule has 8 rings (SSSR count). The quantitative estimate of drug-likeness (QED) is 0.133. The second kappa shape index (κ2) is 14.8. The van der Waals surface area contributed by atoms with E-state index in [9.17, 15) is 0 Å². The summed E-state index contributed by atoms with van der Waals surface area (Å²) in [7, 11) is 0. The molecule has 0 amide bonds. The van der Waals surface area contributed by atoms with E-state index >= 15 is 0 Å². The molecule has 0 aliphatic carbocycles. The Kier molecular flexibility index (Phi) is 9.29. The first kappa shape index (κ1) is 32.7. The van der Waals surface area contributed by atoms with Gasteiger partial charge in [0.2, 0.25) is 0 Å². The number of rotatable bonds is 10. The third-order valence-electron chi connectivity index (χ3n) is 9.04. The number of benzene rings is 7. The zero-order chi connectivity index (χ0) is 35.3. The molecule has 0 aromatic heterocycles. The van der Waals surface area contributed by atoms with Gasteiger partial charge in [0.05, 0.1) is 9.79 Å².